The molecule has 42 heavy (non-hydrogen) atoms. The van der Waals surface area contributed by atoms with Crippen LogP contribution >= 0.6 is 0 Å². The lowest BCUT2D eigenvalue weighted by atomic mass is 9.65. The predicted molar refractivity (Wildman–Crippen MR) is 176 cm³/mol. The zero-order valence-electron chi connectivity index (χ0n) is 25.2. The van der Waals surface area contributed by atoms with E-state index >= 15 is 0 Å². The van der Waals surface area contributed by atoms with E-state index in [9.17, 15) is 0 Å². The average molecular weight is 554 g/mol. The minimum atomic E-state index is 0.159. The Morgan fingerprint density at radius 1 is 0.452 bits per heavy atom. The number of hydrogen-bond acceptors (Lipinski definition) is 1. The summed E-state index contributed by atoms with van der Waals surface area (Å²) in [6, 6.07) is 43.0. The molecule has 0 spiro atoms. The highest BCUT2D eigenvalue weighted by Gasteiger charge is 2.37. The summed E-state index contributed by atoms with van der Waals surface area (Å²) in [5.74, 6) is 0.383. The van der Waals surface area contributed by atoms with Crippen LogP contribution in [0.2, 0.25) is 0 Å². The van der Waals surface area contributed by atoms with Gasteiger partial charge in [0.05, 0.1) is 0 Å². The molecule has 1 saturated heterocycles. The van der Waals surface area contributed by atoms with Gasteiger partial charge in [-0.1, -0.05) is 148 Å². The Morgan fingerprint density at radius 2 is 0.857 bits per heavy atom. The number of rotatable bonds is 7. The standard InChI is InChI=1S/C41H47N/c1-5-14-34(15-6-1)40(27-9-3-10-28-40)36-23-19-32(20-24-36)39(38-18-13-31-42-38)33-21-25-37(26-22-33)41(29-11-4-12-30-41)35-16-7-2-8-17-35/h1-2,5-8,14-17,19-26,38-39,42H,3-4,9-13,18,27-31H2/t38-/m1/s1. The van der Waals surface area contributed by atoms with Gasteiger partial charge < -0.3 is 5.32 Å². The summed E-state index contributed by atoms with van der Waals surface area (Å²) in [4.78, 5) is 0. The fourth-order valence-corrected chi connectivity index (χ4v) is 8.99. The molecule has 0 bridgehead atoms. The van der Waals surface area contributed by atoms with Crippen molar-refractivity contribution in [3.63, 3.8) is 0 Å². The van der Waals surface area contributed by atoms with Gasteiger partial charge in [-0.15, -0.1) is 0 Å². The molecule has 0 radical (unpaired) electrons. The molecule has 1 heterocycles. The smallest absolute Gasteiger partial charge is 0.0243 e. The van der Waals surface area contributed by atoms with Crippen LogP contribution in [0.25, 0.3) is 0 Å². The third-order valence-electron chi connectivity index (χ3n) is 11.2. The molecule has 1 aliphatic heterocycles. The van der Waals surface area contributed by atoms with Gasteiger partial charge in [0.2, 0.25) is 0 Å². The van der Waals surface area contributed by atoms with E-state index in [2.05, 4.69) is 115 Å². The van der Waals surface area contributed by atoms with E-state index in [0.29, 0.717) is 12.0 Å². The molecule has 3 aliphatic rings. The highest BCUT2D eigenvalue weighted by molar-refractivity contribution is 5.46. The quantitative estimate of drug-likeness (QED) is 0.240. The van der Waals surface area contributed by atoms with E-state index in [1.807, 2.05) is 0 Å². The molecule has 3 fully saturated rings. The number of hydrogen-bond donors (Lipinski definition) is 1. The lowest BCUT2D eigenvalue weighted by molar-refractivity contribution is 0.346. The summed E-state index contributed by atoms with van der Waals surface area (Å²) < 4.78 is 0. The highest BCUT2D eigenvalue weighted by atomic mass is 14.9. The van der Waals surface area contributed by atoms with Gasteiger partial charge in [-0.2, -0.15) is 0 Å². The summed E-state index contributed by atoms with van der Waals surface area (Å²) in [5.41, 5.74) is 9.24. The minimum absolute atomic E-state index is 0.159. The van der Waals surface area contributed by atoms with Crippen LogP contribution in [0.4, 0.5) is 0 Å². The molecule has 7 rings (SSSR count). The molecule has 2 aliphatic carbocycles. The van der Waals surface area contributed by atoms with Crippen molar-refractivity contribution < 1.29 is 0 Å². The van der Waals surface area contributed by atoms with Crippen LogP contribution in [0.1, 0.15) is 116 Å². The van der Waals surface area contributed by atoms with Crippen LogP contribution in [-0.4, -0.2) is 12.6 Å². The van der Waals surface area contributed by atoms with Crippen molar-refractivity contribution in [3.05, 3.63) is 143 Å². The van der Waals surface area contributed by atoms with Crippen molar-refractivity contribution in [2.75, 3.05) is 6.54 Å². The Balaban J connectivity index is 1.22. The first kappa shape index (κ1) is 27.7. The summed E-state index contributed by atoms with van der Waals surface area (Å²) in [6.45, 7) is 1.13. The van der Waals surface area contributed by atoms with Crippen LogP contribution in [0.5, 0.6) is 0 Å². The van der Waals surface area contributed by atoms with E-state index in [0.717, 1.165) is 6.54 Å². The first-order valence-corrected chi connectivity index (χ1v) is 16.8. The van der Waals surface area contributed by atoms with Crippen molar-refractivity contribution >= 4 is 0 Å². The van der Waals surface area contributed by atoms with Gasteiger partial charge in [-0.05, 0) is 78.5 Å². The van der Waals surface area contributed by atoms with Crippen molar-refractivity contribution in [1.29, 1.82) is 0 Å². The molecule has 1 heteroatoms. The maximum atomic E-state index is 3.88. The van der Waals surface area contributed by atoms with Gasteiger partial charge in [0.25, 0.3) is 0 Å². The molecule has 4 aromatic carbocycles. The number of benzene rings is 4. The Morgan fingerprint density at radius 3 is 1.24 bits per heavy atom. The normalized spacial score (nSPS) is 21.8. The average Bonchev–Trinajstić information content (AvgIpc) is 3.61. The van der Waals surface area contributed by atoms with Gasteiger partial charge in [-0.25, -0.2) is 0 Å². The maximum Gasteiger partial charge on any atom is 0.0243 e. The molecule has 1 nitrogen and oxygen atoms in total. The van der Waals surface area contributed by atoms with Crippen molar-refractivity contribution in [3.8, 4) is 0 Å². The zero-order valence-corrected chi connectivity index (χ0v) is 25.2. The van der Waals surface area contributed by atoms with Crippen LogP contribution in [0.3, 0.4) is 0 Å². The topological polar surface area (TPSA) is 12.0 Å². The lowest BCUT2D eigenvalue weighted by Gasteiger charge is -2.39. The molecular formula is C41H47N. The fraction of sp³-hybridized carbons (Fsp3) is 0.415. The van der Waals surface area contributed by atoms with E-state index < -0.39 is 0 Å². The van der Waals surface area contributed by atoms with E-state index in [1.54, 1.807) is 0 Å². The molecule has 0 unspecified atom stereocenters. The zero-order chi connectivity index (χ0) is 28.2. The monoisotopic (exact) mass is 553 g/mol. The van der Waals surface area contributed by atoms with Crippen molar-refractivity contribution in [1.82, 2.24) is 5.32 Å². The molecule has 2 saturated carbocycles. The van der Waals surface area contributed by atoms with Crippen molar-refractivity contribution in [2.24, 2.45) is 0 Å². The Hall–Kier alpha value is -3.16. The molecule has 1 atom stereocenters. The van der Waals surface area contributed by atoms with E-state index in [1.165, 1.54) is 110 Å². The van der Waals surface area contributed by atoms with Gasteiger partial charge in [0.1, 0.15) is 0 Å². The van der Waals surface area contributed by atoms with Gasteiger partial charge in [-0.3, -0.25) is 0 Å². The fourth-order valence-electron chi connectivity index (χ4n) is 8.99. The molecular weight excluding hydrogens is 506 g/mol. The Kier molecular flexibility index (Phi) is 8.04. The SMILES string of the molecule is c1ccc(C2(c3ccc(C(c4ccc(C5(c6ccccc6)CCCCC5)cc4)[C@H]4CCCN4)cc3)CCCCC2)cc1. The summed E-state index contributed by atoms with van der Waals surface area (Å²) >= 11 is 0. The van der Waals surface area contributed by atoms with Gasteiger partial charge >= 0.3 is 0 Å². The van der Waals surface area contributed by atoms with Gasteiger partial charge in [0, 0.05) is 22.8 Å². The molecule has 4 aromatic rings. The second kappa shape index (κ2) is 12.2. The third kappa shape index (κ3) is 5.15. The van der Waals surface area contributed by atoms with Gasteiger partial charge in [0.15, 0.2) is 0 Å². The highest BCUT2D eigenvalue weighted by Crippen LogP contribution is 2.47. The van der Waals surface area contributed by atoms with Crippen molar-refractivity contribution in [2.45, 2.75) is 99.8 Å². The summed E-state index contributed by atoms with van der Waals surface area (Å²) in [5, 5.41) is 3.88. The summed E-state index contributed by atoms with van der Waals surface area (Å²) in [6.07, 6.45) is 15.6. The Labute approximate surface area is 253 Å². The second-order valence-corrected chi connectivity index (χ2v) is 13.4. The first-order valence-electron chi connectivity index (χ1n) is 16.8. The largest absolute Gasteiger partial charge is 0.313 e. The van der Waals surface area contributed by atoms with E-state index in [4.69, 9.17) is 0 Å². The minimum Gasteiger partial charge on any atom is -0.313 e. The van der Waals surface area contributed by atoms with E-state index in [-0.39, 0.29) is 10.8 Å². The molecule has 0 aromatic heterocycles. The molecule has 0 amide bonds. The molecule has 216 valence electrons. The summed E-state index contributed by atoms with van der Waals surface area (Å²) in [7, 11) is 0. The predicted octanol–water partition coefficient (Wildman–Crippen LogP) is 10.1. The molecule has 1 N–H and O–H groups in total. The first-order chi connectivity index (χ1) is 20.8. The number of nitrogens with one attached hydrogen (secondary N) is 1. The second-order valence-electron chi connectivity index (χ2n) is 13.4. The lowest BCUT2D eigenvalue weighted by Crippen LogP contribution is -2.32. The van der Waals surface area contributed by atoms with Crippen LogP contribution in [0, 0.1) is 0 Å². The third-order valence-corrected chi connectivity index (χ3v) is 11.2. The van der Waals surface area contributed by atoms with Crippen LogP contribution in [-0.2, 0) is 10.8 Å². The Bertz CT molecular complexity index is 1300. The van der Waals surface area contributed by atoms with Crippen LogP contribution in [0.15, 0.2) is 109 Å². The maximum absolute atomic E-state index is 3.88. The van der Waals surface area contributed by atoms with Crippen LogP contribution < -0.4 is 5.32 Å².